The molecule has 0 bridgehead atoms. The van der Waals surface area contributed by atoms with Crippen LogP contribution in [0, 0.1) is 5.82 Å². The molecule has 0 aromatic heterocycles. The van der Waals surface area contributed by atoms with Gasteiger partial charge in [0.1, 0.15) is 11.9 Å². The Kier molecular flexibility index (Phi) is 7.89. The Morgan fingerprint density at radius 1 is 1.20 bits per heavy atom. The molecule has 160 valence electrons. The highest BCUT2D eigenvalue weighted by atomic mass is 79.9. The van der Waals surface area contributed by atoms with E-state index in [4.69, 9.17) is 11.6 Å². The first-order valence-corrected chi connectivity index (χ1v) is 11.3. The van der Waals surface area contributed by atoms with Crippen molar-refractivity contribution in [2.24, 2.45) is 0 Å². The molecule has 0 unspecified atom stereocenters. The van der Waals surface area contributed by atoms with Crippen LogP contribution in [0.1, 0.15) is 43.7 Å². The minimum atomic E-state index is -0.688. The molecule has 0 radical (unpaired) electrons. The number of nitrogens with one attached hydrogen (secondary N) is 1. The van der Waals surface area contributed by atoms with E-state index < -0.39 is 11.9 Å². The SMILES string of the molecule is C[C@@H](C(=O)NC1CCCC1)N(Cc1ccc(Br)cc1)C(=O)Cc1c(F)cccc1Cl. The van der Waals surface area contributed by atoms with E-state index in [1.807, 2.05) is 24.3 Å². The van der Waals surface area contributed by atoms with Gasteiger partial charge in [-0.3, -0.25) is 9.59 Å². The molecule has 0 spiro atoms. The number of halogens is 3. The van der Waals surface area contributed by atoms with Gasteiger partial charge in [0.25, 0.3) is 0 Å². The summed E-state index contributed by atoms with van der Waals surface area (Å²) in [5.41, 5.74) is 1.03. The molecule has 1 N–H and O–H groups in total. The third kappa shape index (κ3) is 5.82. The Balaban J connectivity index is 1.80. The Labute approximate surface area is 189 Å². The average molecular weight is 496 g/mol. The number of rotatable bonds is 7. The van der Waals surface area contributed by atoms with E-state index in [9.17, 15) is 14.0 Å². The molecule has 0 heterocycles. The summed E-state index contributed by atoms with van der Waals surface area (Å²) in [5, 5.41) is 3.26. The van der Waals surface area contributed by atoms with Gasteiger partial charge in [0, 0.05) is 27.6 Å². The predicted molar refractivity (Wildman–Crippen MR) is 120 cm³/mol. The molecule has 0 aliphatic heterocycles. The van der Waals surface area contributed by atoms with E-state index in [2.05, 4.69) is 21.2 Å². The second kappa shape index (κ2) is 10.4. The van der Waals surface area contributed by atoms with Crippen LogP contribution >= 0.6 is 27.5 Å². The standard InChI is InChI=1S/C23H25BrClFN2O2/c1-15(23(30)27-18-5-2-3-6-18)28(14-16-9-11-17(24)12-10-16)22(29)13-19-20(25)7-4-8-21(19)26/h4,7-12,15,18H,2-3,5-6,13-14H2,1H3,(H,27,30)/t15-/m0/s1. The zero-order valence-corrected chi connectivity index (χ0v) is 19.2. The average Bonchev–Trinajstić information content (AvgIpc) is 3.22. The molecule has 2 aromatic rings. The highest BCUT2D eigenvalue weighted by molar-refractivity contribution is 9.10. The van der Waals surface area contributed by atoms with Crippen molar-refractivity contribution in [3.8, 4) is 0 Å². The van der Waals surface area contributed by atoms with Crippen molar-refractivity contribution in [1.82, 2.24) is 10.2 Å². The molecular weight excluding hydrogens is 471 g/mol. The summed E-state index contributed by atoms with van der Waals surface area (Å²) in [6.45, 7) is 1.96. The molecular formula is C23H25BrClFN2O2. The second-order valence-corrected chi connectivity index (χ2v) is 9.01. The topological polar surface area (TPSA) is 49.4 Å². The van der Waals surface area contributed by atoms with Gasteiger partial charge in [-0.15, -0.1) is 0 Å². The summed E-state index contributed by atoms with van der Waals surface area (Å²) < 4.78 is 15.2. The smallest absolute Gasteiger partial charge is 0.242 e. The lowest BCUT2D eigenvalue weighted by Gasteiger charge is -2.30. The lowest BCUT2D eigenvalue weighted by Crippen LogP contribution is -2.50. The fourth-order valence-corrected chi connectivity index (χ4v) is 4.21. The largest absolute Gasteiger partial charge is 0.352 e. The quantitative estimate of drug-likeness (QED) is 0.570. The summed E-state index contributed by atoms with van der Waals surface area (Å²) in [6, 6.07) is 11.4. The van der Waals surface area contributed by atoms with Gasteiger partial charge < -0.3 is 10.2 Å². The van der Waals surface area contributed by atoms with Crippen LogP contribution in [-0.4, -0.2) is 28.8 Å². The zero-order valence-electron chi connectivity index (χ0n) is 16.8. The molecule has 30 heavy (non-hydrogen) atoms. The van der Waals surface area contributed by atoms with Crippen LogP contribution in [0.3, 0.4) is 0 Å². The van der Waals surface area contributed by atoms with Gasteiger partial charge in [-0.1, -0.05) is 58.6 Å². The molecule has 7 heteroatoms. The number of carbonyl (C=O) groups is 2. The van der Waals surface area contributed by atoms with Gasteiger partial charge in [-0.05, 0) is 49.6 Å². The van der Waals surface area contributed by atoms with Crippen molar-refractivity contribution >= 4 is 39.3 Å². The predicted octanol–water partition coefficient (Wildman–Crippen LogP) is 5.26. The molecule has 1 saturated carbocycles. The first-order chi connectivity index (χ1) is 14.3. The Morgan fingerprint density at radius 3 is 2.50 bits per heavy atom. The molecule has 1 aliphatic rings. The third-order valence-electron chi connectivity index (χ3n) is 5.52. The Hall–Kier alpha value is -1.92. The van der Waals surface area contributed by atoms with E-state index >= 15 is 0 Å². The number of carbonyl (C=O) groups excluding carboxylic acids is 2. The van der Waals surface area contributed by atoms with E-state index in [0.29, 0.717) is 0 Å². The van der Waals surface area contributed by atoms with Crippen molar-refractivity contribution in [2.45, 2.75) is 57.7 Å². The van der Waals surface area contributed by atoms with Crippen molar-refractivity contribution in [3.05, 3.63) is 68.9 Å². The maximum Gasteiger partial charge on any atom is 0.242 e. The monoisotopic (exact) mass is 494 g/mol. The number of nitrogens with zero attached hydrogens (tertiary/aromatic N) is 1. The van der Waals surface area contributed by atoms with Crippen LogP contribution in [0.5, 0.6) is 0 Å². The summed E-state index contributed by atoms with van der Waals surface area (Å²) in [7, 11) is 0. The molecule has 2 amide bonds. The number of amides is 2. The van der Waals surface area contributed by atoms with Gasteiger partial charge in [-0.2, -0.15) is 0 Å². The van der Waals surface area contributed by atoms with Gasteiger partial charge in [0.15, 0.2) is 0 Å². The number of benzene rings is 2. The molecule has 1 atom stereocenters. The molecule has 0 saturated heterocycles. The molecule has 1 aliphatic carbocycles. The maximum absolute atomic E-state index is 14.2. The zero-order chi connectivity index (χ0) is 21.7. The maximum atomic E-state index is 14.2. The van der Waals surface area contributed by atoms with Crippen LogP contribution in [0.25, 0.3) is 0 Å². The van der Waals surface area contributed by atoms with Gasteiger partial charge >= 0.3 is 0 Å². The van der Waals surface area contributed by atoms with Crippen LogP contribution in [0.15, 0.2) is 46.9 Å². The van der Waals surface area contributed by atoms with Gasteiger partial charge in [0.05, 0.1) is 6.42 Å². The van der Waals surface area contributed by atoms with Crippen LogP contribution in [-0.2, 0) is 22.6 Å². The summed E-state index contributed by atoms with van der Waals surface area (Å²) in [4.78, 5) is 27.5. The van der Waals surface area contributed by atoms with E-state index in [0.717, 1.165) is 35.7 Å². The van der Waals surface area contributed by atoms with Crippen molar-refractivity contribution in [3.63, 3.8) is 0 Å². The first kappa shape index (κ1) is 22.8. The number of hydrogen-bond acceptors (Lipinski definition) is 2. The van der Waals surface area contributed by atoms with E-state index in [1.54, 1.807) is 13.0 Å². The highest BCUT2D eigenvalue weighted by Crippen LogP contribution is 2.22. The Bertz CT molecular complexity index is 880. The third-order valence-corrected chi connectivity index (χ3v) is 6.41. The molecule has 4 nitrogen and oxygen atoms in total. The highest BCUT2D eigenvalue weighted by Gasteiger charge is 2.29. The molecule has 3 rings (SSSR count). The van der Waals surface area contributed by atoms with Crippen molar-refractivity contribution in [1.29, 1.82) is 0 Å². The lowest BCUT2D eigenvalue weighted by atomic mass is 10.1. The first-order valence-electron chi connectivity index (χ1n) is 10.1. The number of hydrogen-bond donors (Lipinski definition) is 1. The minimum Gasteiger partial charge on any atom is -0.352 e. The van der Waals surface area contributed by atoms with Gasteiger partial charge in [-0.25, -0.2) is 4.39 Å². The normalized spacial score (nSPS) is 15.1. The summed E-state index contributed by atoms with van der Waals surface area (Å²) in [5.74, 6) is -1.06. The van der Waals surface area contributed by atoms with Crippen molar-refractivity contribution < 1.29 is 14.0 Å². The van der Waals surface area contributed by atoms with Crippen LogP contribution < -0.4 is 5.32 Å². The van der Waals surface area contributed by atoms with E-state index in [-0.39, 0.29) is 41.4 Å². The molecule has 2 aromatic carbocycles. The Morgan fingerprint density at radius 2 is 1.87 bits per heavy atom. The fraction of sp³-hybridized carbons (Fsp3) is 0.391. The lowest BCUT2D eigenvalue weighted by molar-refractivity contribution is -0.140. The van der Waals surface area contributed by atoms with Crippen molar-refractivity contribution in [2.75, 3.05) is 0 Å². The van der Waals surface area contributed by atoms with Gasteiger partial charge in [0.2, 0.25) is 11.8 Å². The second-order valence-electron chi connectivity index (χ2n) is 7.69. The van der Waals surface area contributed by atoms with Crippen LogP contribution in [0.2, 0.25) is 5.02 Å². The van der Waals surface area contributed by atoms with Crippen LogP contribution in [0.4, 0.5) is 4.39 Å². The van der Waals surface area contributed by atoms with E-state index in [1.165, 1.54) is 17.0 Å². The molecule has 1 fully saturated rings. The fourth-order valence-electron chi connectivity index (χ4n) is 3.72. The summed E-state index contributed by atoms with van der Waals surface area (Å²) in [6.07, 6.45) is 3.93. The summed E-state index contributed by atoms with van der Waals surface area (Å²) >= 11 is 9.52. The minimum absolute atomic E-state index is 0.147.